The standard InChI is InChI=1S/C15H14ClN3O2S/c1-10(22-14-12(16)8-5-9-17-14)13(20)19-15(21)18-11-6-3-2-4-7-11/h2-10H,1H3,(H2,18,19,20,21). The van der Waals surface area contributed by atoms with Gasteiger partial charge in [-0.2, -0.15) is 0 Å². The summed E-state index contributed by atoms with van der Waals surface area (Å²) in [5.41, 5.74) is 0.612. The lowest BCUT2D eigenvalue weighted by Gasteiger charge is -2.12. The zero-order chi connectivity index (χ0) is 15.9. The molecule has 0 saturated heterocycles. The topological polar surface area (TPSA) is 71.1 Å². The molecular formula is C15H14ClN3O2S. The number of halogens is 1. The number of carbonyl (C=O) groups excluding carboxylic acids is 2. The molecule has 0 saturated carbocycles. The molecule has 1 heterocycles. The van der Waals surface area contributed by atoms with E-state index in [1.54, 1.807) is 49.5 Å². The number of nitrogens with one attached hydrogen (secondary N) is 2. The van der Waals surface area contributed by atoms with Gasteiger partial charge in [0.15, 0.2) is 0 Å². The van der Waals surface area contributed by atoms with E-state index in [0.29, 0.717) is 15.7 Å². The predicted octanol–water partition coefficient (Wildman–Crippen LogP) is 3.56. The minimum atomic E-state index is -0.573. The largest absolute Gasteiger partial charge is 0.325 e. The third-order valence-corrected chi connectivity index (χ3v) is 4.18. The number of benzene rings is 1. The Kier molecular flexibility index (Phi) is 5.80. The number of amides is 3. The second kappa shape index (κ2) is 7.82. The maximum Gasteiger partial charge on any atom is 0.325 e. The number of hydrogen-bond donors (Lipinski definition) is 2. The molecule has 0 radical (unpaired) electrons. The van der Waals surface area contributed by atoms with Crippen molar-refractivity contribution in [1.82, 2.24) is 10.3 Å². The Morgan fingerprint density at radius 2 is 1.91 bits per heavy atom. The Bertz CT molecular complexity index is 667. The third kappa shape index (κ3) is 4.75. The van der Waals surface area contributed by atoms with Crippen LogP contribution in [0.15, 0.2) is 53.7 Å². The molecule has 1 aromatic carbocycles. The van der Waals surface area contributed by atoms with Crippen molar-refractivity contribution in [3.63, 3.8) is 0 Å². The van der Waals surface area contributed by atoms with Gasteiger partial charge in [0.1, 0.15) is 5.03 Å². The Balaban J connectivity index is 1.88. The first-order valence-electron chi connectivity index (χ1n) is 6.50. The Labute approximate surface area is 137 Å². The summed E-state index contributed by atoms with van der Waals surface area (Å²) in [4.78, 5) is 27.8. The smallest absolute Gasteiger partial charge is 0.308 e. The minimum Gasteiger partial charge on any atom is -0.308 e. The molecule has 0 spiro atoms. The molecule has 0 bridgehead atoms. The molecular weight excluding hydrogens is 322 g/mol. The molecule has 0 aliphatic rings. The zero-order valence-electron chi connectivity index (χ0n) is 11.7. The van der Waals surface area contributed by atoms with Crippen LogP contribution in [0.2, 0.25) is 5.02 Å². The summed E-state index contributed by atoms with van der Waals surface area (Å²) in [6, 6.07) is 11.7. The van der Waals surface area contributed by atoms with E-state index in [-0.39, 0.29) is 0 Å². The number of carbonyl (C=O) groups is 2. The van der Waals surface area contributed by atoms with Crippen molar-refractivity contribution in [2.45, 2.75) is 17.2 Å². The van der Waals surface area contributed by atoms with Crippen molar-refractivity contribution in [2.75, 3.05) is 5.32 Å². The Morgan fingerprint density at radius 1 is 1.18 bits per heavy atom. The quantitative estimate of drug-likeness (QED) is 0.838. The summed E-state index contributed by atoms with van der Waals surface area (Å²) in [5.74, 6) is -0.417. The molecule has 1 aromatic heterocycles. The SMILES string of the molecule is CC(Sc1ncccc1Cl)C(=O)NC(=O)Nc1ccccc1. The molecule has 0 aliphatic carbocycles. The molecule has 0 fully saturated rings. The van der Waals surface area contributed by atoms with E-state index in [1.165, 1.54) is 11.8 Å². The highest BCUT2D eigenvalue weighted by atomic mass is 35.5. The van der Waals surface area contributed by atoms with Crippen LogP contribution < -0.4 is 10.6 Å². The van der Waals surface area contributed by atoms with E-state index >= 15 is 0 Å². The second-order valence-electron chi connectivity index (χ2n) is 4.36. The molecule has 2 rings (SSSR count). The van der Waals surface area contributed by atoms with E-state index in [4.69, 9.17) is 11.6 Å². The summed E-state index contributed by atoms with van der Waals surface area (Å²) < 4.78 is 0. The first-order chi connectivity index (χ1) is 10.6. The van der Waals surface area contributed by atoms with E-state index in [0.717, 1.165) is 0 Å². The lowest BCUT2D eigenvalue weighted by atomic mass is 10.3. The molecule has 2 N–H and O–H groups in total. The van der Waals surface area contributed by atoms with Crippen LogP contribution in [0.5, 0.6) is 0 Å². The number of rotatable bonds is 4. The van der Waals surface area contributed by atoms with Crippen LogP contribution >= 0.6 is 23.4 Å². The van der Waals surface area contributed by atoms with Gasteiger partial charge in [-0.3, -0.25) is 10.1 Å². The predicted molar refractivity (Wildman–Crippen MR) is 88.2 cm³/mol. The van der Waals surface area contributed by atoms with E-state index in [2.05, 4.69) is 15.6 Å². The number of aromatic nitrogens is 1. The van der Waals surface area contributed by atoms with Crippen molar-refractivity contribution < 1.29 is 9.59 Å². The van der Waals surface area contributed by atoms with Gasteiger partial charge in [-0.1, -0.05) is 41.6 Å². The summed E-state index contributed by atoms with van der Waals surface area (Å²) >= 11 is 7.18. The Morgan fingerprint density at radius 3 is 2.59 bits per heavy atom. The molecule has 3 amide bonds. The normalized spacial score (nSPS) is 11.5. The van der Waals surface area contributed by atoms with Crippen molar-refractivity contribution in [3.8, 4) is 0 Å². The first-order valence-corrected chi connectivity index (χ1v) is 7.76. The van der Waals surface area contributed by atoms with Gasteiger partial charge in [-0.05, 0) is 31.2 Å². The maximum absolute atomic E-state index is 12.0. The second-order valence-corrected chi connectivity index (χ2v) is 6.10. The highest BCUT2D eigenvalue weighted by Gasteiger charge is 2.18. The van der Waals surface area contributed by atoms with Gasteiger partial charge in [0, 0.05) is 11.9 Å². The summed E-state index contributed by atoms with van der Waals surface area (Å²) in [6.45, 7) is 1.68. The number of imide groups is 1. The highest BCUT2D eigenvalue weighted by molar-refractivity contribution is 8.00. The monoisotopic (exact) mass is 335 g/mol. The van der Waals surface area contributed by atoms with Gasteiger partial charge in [0.2, 0.25) is 5.91 Å². The van der Waals surface area contributed by atoms with Crippen LogP contribution in [-0.4, -0.2) is 22.2 Å². The summed E-state index contributed by atoms with van der Waals surface area (Å²) in [5, 5.41) is 5.39. The average molecular weight is 336 g/mol. The highest BCUT2D eigenvalue weighted by Crippen LogP contribution is 2.27. The van der Waals surface area contributed by atoms with Crippen LogP contribution in [0.25, 0.3) is 0 Å². The maximum atomic E-state index is 12.0. The molecule has 2 aromatic rings. The lowest BCUT2D eigenvalue weighted by molar-refractivity contribution is -0.119. The molecule has 22 heavy (non-hydrogen) atoms. The fourth-order valence-corrected chi connectivity index (χ4v) is 2.63. The lowest BCUT2D eigenvalue weighted by Crippen LogP contribution is -2.38. The van der Waals surface area contributed by atoms with E-state index < -0.39 is 17.2 Å². The van der Waals surface area contributed by atoms with Crippen LogP contribution in [0.1, 0.15) is 6.92 Å². The Hall–Kier alpha value is -2.05. The summed E-state index contributed by atoms with van der Waals surface area (Å²) in [7, 11) is 0. The van der Waals surface area contributed by atoms with Crippen LogP contribution in [0.3, 0.4) is 0 Å². The first kappa shape index (κ1) is 16.3. The number of pyridine rings is 1. The van der Waals surface area contributed by atoms with Crippen molar-refractivity contribution in [2.24, 2.45) is 0 Å². The fraction of sp³-hybridized carbons (Fsp3) is 0.133. The zero-order valence-corrected chi connectivity index (χ0v) is 13.3. The minimum absolute atomic E-state index is 0.417. The van der Waals surface area contributed by atoms with E-state index in [9.17, 15) is 9.59 Å². The van der Waals surface area contributed by atoms with Gasteiger partial charge in [0.05, 0.1) is 10.3 Å². The van der Waals surface area contributed by atoms with Crippen LogP contribution in [0.4, 0.5) is 10.5 Å². The number of para-hydroxylation sites is 1. The number of urea groups is 1. The molecule has 1 unspecified atom stereocenters. The van der Waals surface area contributed by atoms with Gasteiger partial charge >= 0.3 is 6.03 Å². The van der Waals surface area contributed by atoms with Crippen LogP contribution in [-0.2, 0) is 4.79 Å². The third-order valence-electron chi connectivity index (χ3n) is 2.65. The van der Waals surface area contributed by atoms with Gasteiger partial charge in [-0.15, -0.1) is 0 Å². The van der Waals surface area contributed by atoms with Gasteiger partial charge in [-0.25, -0.2) is 9.78 Å². The number of thioether (sulfide) groups is 1. The summed E-state index contributed by atoms with van der Waals surface area (Å²) in [6.07, 6.45) is 1.60. The van der Waals surface area contributed by atoms with Crippen LogP contribution in [0, 0.1) is 0 Å². The average Bonchev–Trinajstić information content (AvgIpc) is 2.50. The number of nitrogens with zero attached hydrogens (tertiary/aromatic N) is 1. The molecule has 114 valence electrons. The fourth-order valence-electron chi connectivity index (χ4n) is 1.58. The van der Waals surface area contributed by atoms with Crippen molar-refractivity contribution in [1.29, 1.82) is 0 Å². The van der Waals surface area contributed by atoms with Crippen molar-refractivity contribution >= 4 is 41.0 Å². The van der Waals surface area contributed by atoms with Gasteiger partial charge < -0.3 is 5.32 Å². The van der Waals surface area contributed by atoms with Gasteiger partial charge in [0.25, 0.3) is 0 Å². The molecule has 0 aliphatic heterocycles. The number of anilines is 1. The van der Waals surface area contributed by atoms with E-state index in [1.807, 2.05) is 6.07 Å². The molecule has 5 nitrogen and oxygen atoms in total. The number of hydrogen-bond acceptors (Lipinski definition) is 4. The van der Waals surface area contributed by atoms with Crippen molar-refractivity contribution in [3.05, 3.63) is 53.7 Å². The molecule has 7 heteroatoms. The molecule has 1 atom stereocenters.